The molecule has 2 aromatic rings. The highest BCUT2D eigenvalue weighted by atomic mass is 16.5. The first kappa shape index (κ1) is 12.9. The predicted octanol–water partition coefficient (Wildman–Crippen LogP) is 1.34. The third kappa shape index (κ3) is 2.67. The molecule has 6 nitrogen and oxygen atoms in total. The molecule has 6 heteroatoms. The second-order valence-electron chi connectivity index (χ2n) is 4.39. The maximum Gasteiger partial charge on any atom is 0.251 e. The second-order valence-corrected chi connectivity index (χ2v) is 4.39. The highest BCUT2D eigenvalue weighted by Gasteiger charge is 2.11. The minimum Gasteiger partial charge on any atom is -0.489 e. The van der Waals surface area contributed by atoms with Gasteiger partial charge in [0.25, 0.3) is 5.91 Å². The zero-order chi connectivity index (χ0) is 14.0. The summed E-state index contributed by atoms with van der Waals surface area (Å²) in [6, 6.07) is 5.40. The van der Waals surface area contributed by atoms with Gasteiger partial charge in [0.05, 0.1) is 23.6 Å². The summed E-state index contributed by atoms with van der Waals surface area (Å²) in [7, 11) is 0. The number of rotatable bonds is 4. The fraction of sp³-hybridized carbons (Fsp3) is 0.231. The zero-order valence-corrected chi connectivity index (χ0v) is 10.8. The topological polar surface area (TPSA) is 96.2 Å². The lowest BCUT2D eigenvalue weighted by Gasteiger charge is -2.14. The number of nitrogens with zero attached hydrogens (tertiary/aromatic N) is 2. The van der Waals surface area contributed by atoms with Gasteiger partial charge in [-0.1, -0.05) is 6.07 Å². The predicted molar refractivity (Wildman–Crippen MR) is 72.3 cm³/mol. The first-order chi connectivity index (χ1) is 8.99. The van der Waals surface area contributed by atoms with Crippen molar-refractivity contribution >= 4 is 11.6 Å². The van der Waals surface area contributed by atoms with Crippen LogP contribution in [-0.4, -0.2) is 21.8 Å². The van der Waals surface area contributed by atoms with E-state index < -0.39 is 5.91 Å². The van der Waals surface area contributed by atoms with E-state index in [9.17, 15) is 4.79 Å². The highest BCUT2D eigenvalue weighted by molar-refractivity contribution is 5.92. The van der Waals surface area contributed by atoms with Crippen molar-refractivity contribution in [2.75, 3.05) is 5.73 Å². The Morgan fingerprint density at radius 2 is 2.16 bits per heavy atom. The number of carbonyl (C=O) groups excluding carboxylic acids is 1. The number of para-hydroxylation sites is 1. The van der Waals surface area contributed by atoms with E-state index in [1.165, 1.54) is 17.1 Å². The molecule has 1 heterocycles. The largest absolute Gasteiger partial charge is 0.489 e. The molecule has 0 fully saturated rings. The fourth-order valence-electron chi connectivity index (χ4n) is 1.67. The number of aromatic nitrogens is 2. The molecule has 0 spiro atoms. The van der Waals surface area contributed by atoms with Crippen LogP contribution in [0.1, 0.15) is 24.2 Å². The molecule has 4 N–H and O–H groups in total. The molecule has 0 aliphatic carbocycles. The van der Waals surface area contributed by atoms with E-state index >= 15 is 0 Å². The van der Waals surface area contributed by atoms with E-state index in [-0.39, 0.29) is 6.10 Å². The number of hydrogen-bond acceptors (Lipinski definition) is 4. The Hall–Kier alpha value is -2.50. The van der Waals surface area contributed by atoms with Crippen molar-refractivity contribution in [2.45, 2.75) is 20.0 Å². The summed E-state index contributed by atoms with van der Waals surface area (Å²) in [4.78, 5) is 11.1. The quantitative estimate of drug-likeness (QED) is 0.811. The van der Waals surface area contributed by atoms with Gasteiger partial charge in [-0.25, -0.2) is 4.68 Å². The van der Waals surface area contributed by atoms with Crippen molar-refractivity contribution in [2.24, 2.45) is 5.73 Å². The number of carbonyl (C=O) groups is 1. The molecule has 0 saturated carbocycles. The third-order valence-electron chi connectivity index (χ3n) is 2.52. The molecule has 2 rings (SSSR count). The smallest absolute Gasteiger partial charge is 0.251 e. The van der Waals surface area contributed by atoms with Gasteiger partial charge in [-0.15, -0.1) is 0 Å². The highest BCUT2D eigenvalue weighted by Crippen LogP contribution is 2.28. The number of nitrogen functional groups attached to an aromatic ring is 1. The van der Waals surface area contributed by atoms with Crippen LogP contribution in [0.25, 0.3) is 5.69 Å². The number of nitrogens with two attached hydrogens (primary N) is 2. The molecule has 0 bridgehead atoms. The van der Waals surface area contributed by atoms with Crippen molar-refractivity contribution in [1.82, 2.24) is 9.78 Å². The Bertz CT molecular complexity index is 604. The summed E-state index contributed by atoms with van der Waals surface area (Å²) < 4.78 is 7.11. The summed E-state index contributed by atoms with van der Waals surface area (Å²) >= 11 is 0. The van der Waals surface area contributed by atoms with Crippen LogP contribution >= 0.6 is 0 Å². The molecule has 0 unspecified atom stereocenters. The van der Waals surface area contributed by atoms with Gasteiger partial charge in [0.15, 0.2) is 0 Å². The Balaban J connectivity index is 2.41. The average Bonchev–Trinajstić information content (AvgIpc) is 2.80. The molecule has 0 atom stereocenters. The van der Waals surface area contributed by atoms with Gasteiger partial charge >= 0.3 is 0 Å². The molecule has 1 aromatic carbocycles. The Morgan fingerprint density at radius 3 is 2.74 bits per heavy atom. The normalized spacial score (nSPS) is 10.7. The molecule has 1 amide bonds. The third-order valence-corrected chi connectivity index (χ3v) is 2.52. The van der Waals surface area contributed by atoms with Crippen LogP contribution in [0.4, 0.5) is 5.69 Å². The number of primary amides is 1. The van der Waals surface area contributed by atoms with Gasteiger partial charge in [-0.2, -0.15) is 5.10 Å². The molecule has 1 aromatic heterocycles. The molecule has 0 aliphatic heterocycles. The lowest BCUT2D eigenvalue weighted by atomic mass is 10.2. The first-order valence-corrected chi connectivity index (χ1v) is 5.89. The van der Waals surface area contributed by atoms with E-state index in [1.54, 1.807) is 12.1 Å². The summed E-state index contributed by atoms with van der Waals surface area (Å²) in [6.45, 7) is 3.84. The maximum atomic E-state index is 11.1. The zero-order valence-electron chi connectivity index (χ0n) is 10.8. The van der Waals surface area contributed by atoms with Crippen molar-refractivity contribution in [3.05, 3.63) is 36.2 Å². The van der Waals surface area contributed by atoms with Crippen LogP contribution < -0.4 is 16.2 Å². The van der Waals surface area contributed by atoms with Crippen molar-refractivity contribution in [1.29, 1.82) is 0 Å². The SMILES string of the molecule is CC(C)Oc1cccc(-n2cc(C(N)=O)cn2)c1N. The van der Waals surface area contributed by atoms with E-state index in [1.807, 2.05) is 19.9 Å². The number of ether oxygens (including phenoxy) is 1. The monoisotopic (exact) mass is 260 g/mol. The van der Waals surface area contributed by atoms with Crippen LogP contribution in [0.2, 0.25) is 0 Å². The number of hydrogen-bond donors (Lipinski definition) is 2. The van der Waals surface area contributed by atoms with Crippen LogP contribution in [-0.2, 0) is 0 Å². The van der Waals surface area contributed by atoms with Gasteiger partial charge in [0.2, 0.25) is 0 Å². The second kappa shape index (κ2) is 5.01. The molecule has 19 heavy (non-hydrogen) atoms. The van der Waals surface area contributed by atoms with Crippen LogP contribution in [0.3, 0.4) is 0 Å². The van der Waals surface area contributed by atoms with E-state index in [2.05, 4.69) is 5.10 Å². The molecular weight excluding hydrogens is 244 g/mol. The molecule has 0 saturated heterocycles. The molecule has 0 radical (unpaired) electrons. The summed E-state index contributed by atoms with van der Waals surface area (Å²) in [5.74, 6) is 0.0584. The van der Waals surface area contributed by atoms with Gasteiger partial charge in [0, 0.05) is 6.20 Å². The summed E-state index contributed by atoms with van der Waals surface area (Å²) in [5.41, 5.74) is 12.7. The van der Waals surface area contributed by atoms with Gasteiger partial charge in [-0.05, 0) is 26.0 Å². The van der Waals surface area contributed by atoms with E-state index in [0.717, 1.165) is 0 Å². The van der Waals surface area contributed by atoms with Crippen molar-refractivity contribution in [3.63, 3.8) is 0 Å². The standard InChI is InChI=1S/C13H16N4O2/c1-8(2)19-11-5-3-4-10(12(11)14)17-7-9(6-16-17)13(15)18/h3-8H,14H2,1-2H3,(H2,15,18). The van der Waals surface area contributed by atoms with Crippen LogP contribution in [0.5, 0.6) is 5.75 Å². The maximum absolute atomic E-state index is 11.1. The average molecular weight is 260 g/mol. The van der Waals surface area contributed by atoms with Gasteiger partial charge < -0.3 is 16.2 Å². The molecule has 100 valence electrons. The molecule has 0 aliphatic rings. The van der Waals surface area contributed by atoms with Crippen LogP contribution in [0.15, 0.2) is 30.6 Å². The van der Waals surface area contributed by atoms with E-state index in [4.69, 9.17) is 16.2 Å². The lowest BCUT2D eigenvalue weighted by Crippen LogP contribution is -2.10. The van der Waals surface area contributed by atoms with Crippen molar-refractivity contribution < 1.29 is 9.53 Å². The number of benzene rings is 1. The Morgan fingerprint density at radius 1 is 1.42 bits per heavy atom. The number of amides is 1. The molecular formula is C13H16N4O2. The minimum atomic E-state index is -0.528. The first-order valence-electron chi connectivity index (χ1n) is 5.89. The van der Waals surface area contributed by atoms with Gasteiger partial charge in [0.1, 0.15) is 11.4 Å². The number of anilines is 1. The van der Waals surface area contributed by atoms with Gasteiger partial charge in [-0.3, -0.25) is 4.79 Å². The summed E-state index contributed by atoms with van der Waals surface area (Å²) in [5, 5.41) is 4.07. The minimum absolute atomic E-state index is 0.0244. The van der Waals surface area contributed by atoms with E-state index in [0.29, 0.717) is 22.7 Å². The lowest BCUT2D eigenvalue weighted by molar-refractivity contribution is 0.100. The Kier molecular flexibility index (Phi) is 3.41. The Labute approximate surface area is 111 Å². The van der Waals surface area contributed by atoms with Crippen LogP contribution in [0, 0.1) is 0 Å². The fourth-order valence-corrected chi connectivity index (χ4v) is 1.67. The summed E-state index contributed by atoms with van der Waals surface area (Å²) in [6.07, 6.45) is 2.96. The van der Waals surface area contributed by atoms with Crippen molar-refractivity contribution in [3.8, 4) is 11.4 Å².